The molecule has 0 amide bonds. The zero-order valence-corrected chi connectivity index (χ0v) is 18.4. The summed E-state index contributed by atoms with van der Waals surface area (Å²) in [4.78, 5) is 0.908. The molecule has 147 valence electrons. The second-order valence-corrected chi connectivity index (χ2v) is 10.5. The van der Waals surface area contributed by atoms with Gasteiger partial charge in [-0.25, -0.2) is 13.1 Å². The van der Waals surface area contributed by atoms with Gasteiger partial charge < -0.3 is 0 Å². The molecule has 0 aliphatic heterocycles. The number of hydrogen-bond acceptors (Lipinski definition) is 3. The van der Waals surface area contributed by atoms with E-state index in [0.717, 1.165) is 16.0 Å². The average molecular weight is 453 g/mol. The van der Waals surface area contributed by atoms with Gasteiger partial charge >= 0.3 is 0 Å². The first kappa shape index (κ1) is 21.3. The molecule has 1 heterocycles. The van der Waals surface area contributed by atoms with Crippen LogP contribution in [0.25, 0.3) is 0 Å². The van der Waals surface area contributed by atoms with E-state index in [2.05, 4.69) is 4.72 Å². The first-order valence-corrected chi connectivity index (χ1v) is 11.8. The van der Waals surface area contributed by atoms with E-state index in [1.54, 1.807) is 6.07 Å². The lowest BCUT2D eigenvalue weighted by atomic mass is 10.0. The third-order valence-electron chi connectivity index (χ3n) is 4.31. The highest BCUT2D eigenvalue weighted by atomic mass is 35.5. The van der Waals surface area contributed by atoms with Gasteiger partial charge in [0, 0.05) is 27.9 Å². The van der Waals surface area contributed by atoms with Crippen LogP contribution >= 0.6 is 34.5 Å². The molecule has 1 unspecified atom stereocenters. The van der Waals surface area contributed by atoms with Gasteiger partial charge in [0.2, 0.25) is 10.0 Å². The van der Waals surface area contributed by atoms with E-state index < -0.39 is 10.0 Å². The van der Waals surface area contributed by atoms with E-state index in [-0.39, 0.29) is 5.92 Å². The normalized spacial score (nSPS) is 12.8. The Morgan fingerprint density at radius 1 is 1.04 bits per heavy atom. The summed E-state index contributed by atoms with van der Waals surface area (Å²) in [5, 5.41) is 1.36. The lowest BCUT2D eigenvalue weighted by Gasteiger charge is -2.13. The molecule has 1 N–H and O–H groups in total. The molecule has 3 nitrogen and oxygen atoms in total. The van der Waals surface area contributed by atoms with Crippen molar-refractivity contribution in [2.45, 2.75) is 23.5 Å². The van der Waals surface area contributed by atoms with Crippen LogP contribution in [0.4, 0.5) is 0 Å². The van der Waals surface area contributed by atoms with Crippen LogP contribution in [0.1, 0.15) is 28.8 Å². The first-order chi connectivity index (χ1) is 13.3. The highest BCUT2D eigenvalue weighted by Gasteiger charge is 2.18. The average Bonchev–Trinajstić information content (AvgIpc) is 3.15. The summed E-state index contributed by atoms with van der Waals surface area (Å²) in [7, 11) is -3.54. The molecule has 0 saturated heterocycles. The number of thiophene rings is 1. The van der Waals surface area contributed by atoms with Crippen molar-refractivity contribution in [2.75, 3.05) is 6.54 Å². The van der Waals surface area contributed by atoms with Crippen molar-refractivity contribution in [1.29, 1.82) is 0 Å². The molecule has 2 aromatic carbocycles. The van der Waals surface area contributed by atoms with Crippen LogP contribution in [-0.4, -0.2) is 15.0 Å². The standard InChI is InChI=1S/C21H20Cl2NO2S2/c1-15(17-6-8-18(22)9-7-17)14-24-28(25,26)21-12-11-20(27-21)10-5-16-3-2-4-19(23)13-16/h2-4,6-13,15,24H,5,14H2,1H3. The summed E-state index contributed by atoms with van der Waals surface area (Å²) in [6.45, 7) is 2.30. The van der Waals surface area contributed by atoms with Crippen LogP contribution in [0.2, 0.25) is 10.0 Å². The Balaban J connectivity index is 1.58. The maximum atomic E-state index is 12.6. The molecule has 0 spiro atoms. The molecule has 3 aromatic rings. The van der Waals surface area contributed by atoms with Gasteiger partial charge in [0.05, 0.1) is 0 Å². The predicted octanol–water partition coefficient (Wildman–Crippen LogP) is 5.93. The highest BCUT2D eigenvalue weighted by Crippen LogP contribution is 2.25. The lowest BCUT2D eigenvalue weighted by molar-refractivity contribution is 0.577. The van der Waals surface area contributed by atoms with Crippen molar-refractivity contribution in [3.63, 3.8) is 0 Å². The van der Waals surface area contributed by atoms with Gasteiger partial charge in [0.15, 0.2) is 0 Å². The number of halogens is 2. The molecule has 1 aromatic heterocycles. The highest BCUT2D eigenvalue weighted by molar-refractivity contribution is 7.91. The zero-order valence-electron chi connectivity index (χ0n) is 15.2. The van der Waals surface area contributed by atoms with Gasteiger partial charge in [-0.2, -0.15) is 0 Å². The van der Waals surface area contributed by atoms with Gasteiger partial charge in [-0.15, -0.1) is 11.3 Å². The predicted molar refractivity (Wildman–Crippen MR) is 118 cm³/mol. The van der Waals surface area contributed by atoms with Gasteiger partial charge in [-0.3, -0.25) is 0 Å². The molecule has 0 bridgehead atoms. The van der Waals surface area contributed by atoms with Crippen molar-refractivity contribution in [2.24, 2.45) is 0 Å². The molecule has 0 fully saturated rings. The fourth-order valence-corrected chi connectivity index (χ4v) is 5.46. The molecule has 1 radical (unpaired) electrons. The second-order valence-electron chi connectivity index (χ2n) is 6.50. The maximum Gasteiger partial charge on any atom is 0.250 e. The Morgan fingerprint density at radius 2 is 1.79 bits per heavy atom. The summed E-state index contributed by atoms with van der Waals surface area (Å²) in [5.74, 6) is 0.0425. The van der Waals surface area contributed by atoms with Gasteiger partial charge in [0.25, 0.3) is 0 Å². The largest absolute Gasteiger partial charge is 0.250 e. The van der Waals surface area contributed by atoms with Crippen LogP contribution in [-0.2, 0) is 16.4 Å². The van der Waals surface area contributed by atoms with Crippen molar-refractivity contribution in [1.82, 2.24) is 4.72 Å². The van der Waals surface area contributed by atoms with Crippen molar-refractivity contribution in [3.8, 4) is 0 Å². The fraction of sp³-hybridized carbons (Fsp3) is 0.190. The minimum absolute atomic E-state index is 0.0425. The summed E-state index contributed by atoms with van der Waals surface area (Å²) in [6.07, 6.45) is 2.70. The third kappa shape index (κ3) is 5.82. The number of nitrogens with one attached hydrogen (secondary N) is 1. The topological polar surface area (TPSA) is 46.2 Å². The smallest absolute Gasteiger partial charge is 0.210 e. The summed E-state index contributed by atoms with van der Waals surface area (Å²) >= 11 is 13.2. The van der Waals surface area contributed by atoms with E-state index in [1.165, 1.54) is 11.3 Å². The van der Waals surface area contributed by atoms with E-state index in [1.807, 2.05) is 67.9 Å². The minimum atomic E-state index is -3.54. The van der Waals surface area contributed by atoms with Crippen LogP contribution in [0.3, 0.4) is 0 Å². The fourth-order valence-electron chi connectivity index (χ4n) is 2.69. The summed E-state index contributed by atoms with van der Waals surface area (Å²) in [6, 6.07) is 18.5. The molecule has 0 saturated carbocycles. The van der Waals surface area contributed by atoms with Crippen LogP contribution in [0.15, 0.2) is 64.9 Å². The third-order valence-corrected chi connectivity index (χ3v) is 7.80. The minimum Gasteiger partial charge on any atom is -0.210 e. The first-order valence-electron chi connectivity index (χ1n) is 8.76. The lowest BCUT2D eigenvalue weighted by Crippen LogP contribution is -2.27. The zero-order chi connectivity index (χ0) is 20.1. The number of hydrogen-bond donors (Lipinski definition) is 1. The second kappa shape index (κ2) is 9.42. The molecule has 1 atom stereocenters. The van der Waals surface area contributed by atoms with Crippen LogP contribution < -0.4 is 4.72 Å². The summed E-state index contributed by atoms with van der Waals surface area (Å²) in [5.41, 5.74) is 2.12. The molecule has 7 heteroatoms. The Morgan fingerprint density at radius 3 is 2.50 bits per heavy atom. The SMILES string of the molecule is CC(CNS(=O)(=O)c1ccc([CH]Cc2cccc(Cl)c2)s1)c1ccc(Cl)cc1. The number of rotatable bonds is 8. The van der Waals surface area contributed by atoms with Gasteiger partial charge in [-0.05, 0) is 59.9 Å². The number of benzene rings is 2. The molecule has 0 aliphatic carbocycles. The van der Waals surface area contributed by atoms with E-state index in [9.17, 15) is 8.42 Å². The van der Waals surface area contributed by atoms with Crippen LogP contribution in [0.5, 0.6) is 0 Å². The Labute approximate surface area is 180 Å². The monoisotopic (exact) mass is 452 g/mol. The van der Waals surface area contributed by atoms with E-state index >= 15 is 0 Å². The van der Waals surface area contributed by atoms with E-state index in [4.69, 9.17) is 23.2 Å². The van der Waals surface area contributed by atoms with Crippen LogP contribution in [0, 0.1) is 6.42 Å². The Kier molecular flexibility index (Phi) is 7.18. The number of sulfonamides is 1. The molecule has 0 aliphatic rings. The van der Waals surface area contributed by atoms with Crippen molar-refractivity contribution < 1.29 is 8.42 Å². The van der Waals surface area contributed by atoms with Crippen molar-refractivity contribution >= 4 is 44.6 Å². The van der Waals surface area contributed by atoms with Crippen molar-refractivity contribution in [3.05, 3.63) is 93.1 Å². The molecule has 28 heavy (non-hydrogen) atoms. The Bertz CT molecular complexity index is 1030. The maximum absolute atomic E-state index is 12.6. The summed E-state index contributed by atoms with van der Waals surface area (Å²) < 4.78 is 28.2. The molecule has 3 rings (SSSR count). The van der Waals surface area contributed by atoms with Gasteiger partial charge in [-0.1, -0.05) is 54.4 Å². The quantitative estimate of drug-likeness (QED) is 0.459. The molecular formula is C21H20Cl2NO2S2. The van der Waals surface area contributed by atoms with E-state index in [0.29, 0.717) is 27.2 Å². The molecular weight excluding hydrogens is 433 g/mol. The van der Waals surface area contributed by atoms with Gasteiger partial charge in [0.1, 0.15) is 4.21 Å². The Hall–Kier alpha value is -1.37.